The topological polar surface area (TPSA) is 61.4 Å². The summed E-state index contributed by atoms with van der Waals surface area (Å²) in [5.41, 5.74) is 2.09. The average molecular weight is 314 g/mol. The first-order valence-electron chi connectivity index (χ1n) is 8.00. The summed E-state index contributed by atoms with van der Waals surface area (Å²) < 4.78 is 8.93. The number of nitrogens with zero attached hydrogens (tertiary/aromatic N) is 4. The summed E-state index contributed by atoms with van der Waals surface area (Å²) in [7, 11) is 1.59. The number of pyridine rings is 1. The van der Waals surface area contributed by atoms with Gasteiger partial charge in [-0.05, 0) is 18.4 Å². The molecule has 0 atom stereocenters. The Bertz CT molecular complexity index is 908. The van der Waals surface area contributed by atoms with Crippen molar-refractivity contribution >= 4 is 16.7 Å². The maximum absolute atomic E-state index is 12.9. The van der Waals surface area contributed by atoms with E-state index in [1.165, 1.54) is 0 Å². The maximum atomic E-state index is 12.9. The van der Waals surface area contributed by atoms with Crippen LogP contribution in [0, 0.1) is 5.92 Å². The van der Waals surface area contributed by atoms with Crippen molar-refractivity contribution < 1.29 is 4.74 Å². The fourth-order valence-electron chi connectivity index (χ4n) is 2.88. The third kappa shape index (κ3) is 2.58. The van der Waals surface area contributed by atoms with Gasteiger partial charge in [0.05, 0.1) is 18.8 Å². The monoisotopic (exact) mass is 314 g/mol. The molecule has 0 amide bonds. The quantitative estimate of drug-likeness (QED) is 0.726. The van der Waals surface area contributed by atoms with E-state index in [0.29, 0.717) is 23.9 Å². The highest BCUT2D eigenvalue weighted by atomic mass is 16.5. The lowest BCUT2D eigenvalue weighted by Gasteiger charge is -2.15. The van der Waals surface area contributed by atoms with Crippen molar-refractivity contribution in [3.63, 3.8) is 0 Å². The van der Waals surface area contributed by atoms with Crippen LogP contribution in [0.5, 0.6) is 5.88 Å². The molecule has 3 heterocycles. The zero-order valence-corrected chi connectivity index (χ0v) is 14.0. The summed E-state index contributed by atoms with van der Waals surface area (Å²) in [6.45, 7) is 6.93. The van der Waals surface area contributed by atoms with E-state index in [2.05, 4.69) is 30.7 Å². The van der Waals surface area contributed by atoms with Gasteiger partial charge in [0.15, 0.2) is 5.65 Å². The van der Waals surface area contributed by atoms with Gasteiger partial charge in [-0.15, -0.1) is 0 Å². The fourth-order valence-corrected chi connectivity index (χ4v) is 2.88. The lowest BCUT2D eigenvalue weighted by molar-refractivity contribution is 0.399. The maximum Gasteiger partial charge on any atom is 0.277 e. The molecule has 23 heavy (non-hydrogen) atoms. The van der Waals surface area contributed by atoms with Gasteiger partial charge in [-0.25, -0.2) is 4.98 Å². The molecule has 0 N–H and O–H groups in total. The van der Waals surface area contributed by atoms with E-state index in [0.717, 1.165) is 29.8 Å². The molecule has 0 saturated carbocycles. The number of fused-ring (bicyclic) bond motifs is 3. The molecule has 0 aliphatic heterocycles. The van der Waals surface area contributed by atoms with Gasteiger partial charge in [-0.3, -0.25) is 9.20 Å². The molecule has 122 valence electrons. The van der Waals surface area contributed by atoms with E-state index in [9.17, 15) is 4.79 Å². The second-order valence-electron chi connectivity index (χ2n) is 6.15. The molecular weight excluding hydrogens is 292 g/mol. The van der Waals surface area contributed by atoms with Crippen LogP contribution in [0.2, 0.25) is 0 Å². The minimum absolute atomic E-state index is 0.0204. The first-order chi connectivity index (χ1) is 11.1. The van der Waals surface area contributed by atoms with Gasteiger partial charge in [0.1, 0.15) is 11.3 Å². The van der Waals surface area contributed by atoms with E-state index in [1.807, 2.05) is 10.5 Å². The summed E-state index contributed by atoms with van der Waals surface area (Å²) in [6.07, 6.45) is 3.42. The van der Waals surface area contributed by atoms with E-state index < -0.39 is 0 Å². The third-order valence-corrected chi connectivity index (χ3v) is 3.86. The highest BCUT2D eigenvalue weighted by Crippen LogP contribution is 2.19. The number of methoxy groups -OCH3 is 1. The van der Waals surface area contributed by atoms with Crippen LogP contribution in [-0.2, 0) is 13.0 Å². The smallest absolute Gasteiger partial charge is 0.277 e. The Hall–Kier alpha value is -2.37. The first-order valence-corrected chi connectivity index (χ1v) is 8.00. The number of hydrogen-bond donors (Lipinski definition) is 0. The molecule has 3 aromatic rings. The number of aromatic nitrogens is 4. The van der Waals surface area contributed by atoms with E-state index in [-0.39, 0.29) is 5.56 Å². The first kappa shape index (κ1) is 15.5. The second kappa shape index (κ2) is 6.02. The summed E-state index contributed by atoms with van der Waals surface area (Å²) in [5.74, 6) is 1.75. The largest absolute Gasteiger partial charge is 0.481 e. The van der Waals surface area contributed by atoms with Gasteiger partial charge in [0, 0.05) is 19.0 Å². The lowest BCUT2D eigenvalue weighted by atomic mass is 10.2. The zero-order valence-electron chi connectivity index (χ0n) is 14.0. The minimum Gasteiger partial charge on any atom is -0.481 e. The Morgan fingerprint density at radius 3 is 2.70 bits per heavy atom. The molecule has 0 aliphatic rings. The Kier molecular flexibility index (Phi) is 4.07. The summed E-state index contributed by atoms with van der Waals surface area (Å²) in [5, 5.41) is 0. The predicted molar refractivity (Wildman–Crippen MR) is 90.1 cm³/mol. The van der Waals surface area contributed by atoms with Gasteiger partial charge in [0.2, 0.25) is 5.88 Å². The zero-order chi connectivity index (χ0) is 16.6. The third-order valence-electron chi connectivity index (χ3n) is 3.86. The summed E-state index contributed by atoms with van der Waals surface area (Å²) in [6, 6.07) is 3.70. The fraction of sp³-hybridized carbons (Fsp3) is 0.471. The molecular formula is C17H22N4O2. The molecule has 0 radical (unpaired) electrons. The Morgan fingerprint density at radius 2 is 2.04 bits per heavy atom. The van der Waals surface area contributed by atoms with Gasteiger partial charge in [-0.2, -0.15) is 4.98 Å². The van der Waals surface area contributed by atoms with E-state index >= 15 is 0 Å². The Morgan fingerprint density at radius 1 is 1.26 bits per heavy atom. The number of hydrogen-bond acceptors (Lipinski definition) is 4. The summed E-state index contributed by atoms with van der Waals surface area (Å²) >= 11 is 0. The molecule has 0 bridgehead atoms. The van der Waals surface area contributed by atoms with Gasteiger partial charge in [0.25, 0.3) is 5.56 Å². The average Bonchev–Trinajstić information content (AvgIpc) is 2.95. The normalized spacial score (nSPS) is 11.7. The van der Waals surface area contributed by atoms with Crippen molar-refractivity contribution in [2.45, 2.75) is 40.2 Å². The van der Waals surface area contributed by atoms with Crippen LogP contribution < -0.4 is 10.3 Å². The lowest BCUT2D eigenvalue weighted by Crippen LogP contribution is -2.25. The van der Waals surface area contributed by atoms with Crippen LogP contribution in [0.1, 0.15) is 33.0 Å². The van der Waals surface area contributed by atoms with Crippen LogP contribution in [0.15, 0.2) is 23.1 Å². The van der Waals surface area contributed by atoms with Crippen molar-refractivity contribution in [1.29, 1.82) is 0 Å². The van der Waals surface area contributed by atoms with Gasteiger partial charge in [-0.1, -0.05) is 20.8 Å². The molecule has 0 saturated heterocycles. The Labute approximate surface area is 134 Å². The molecule has 3 aromatic heterocycles. The van der Waals surface area contributed by atoms with Crippen LogP contribution in [0.3, 0.4) is 0 Å². The number of ether oxygens (including phenoxy) is 1. The van der Waals surface area contributed by atoms with Crippen LogP contribution >= 0.6 is 0 Å². The standard InChI is InChI=1S/C17H22N4O2/c1-5-6-14-18-9-13-17(22)20(10-11(2)3)12-7-8-15(23-4)19-16(12)21(13)14/h7-9,11H,5-6,10H2,1-4H3. The van der Waals surface area contributed by atoms with Crippen LogP contribution in [-0.4, -0.2) is 26.0 Å². The summed E-state index contributed by atoms with van der Waals surface area (Å²) in [4.78, 5) is 21.9. The molecule has 3 rings (SSSR count). The second-order valence-corrected chi connectivity index (χ2v) is 6.15. The van der Waals surface area contributed by atoms with E-state index in [4.69, 9.17) is 4.74 Å². The van der Waals surface area contributed by atoms with Gasteiger partial charge < -0.3 is 9.30 Å². The molecule has 0 aromatic carbocycles. The van der Waals surface area contributed by atoms with E-state index in [1.54, 1.807) is 23.9 Å². The van der Waals surface area contributed by atoms with Crippen molar-refractivity contribution in [2.75, 3.05) is 7.11 Å². The van der Waals surface area contributed by atoms with Crippen molar-refractivity contribution in [1.82, 2.24) is 18.9 Å². The molecule has 6 nitrogen and oxygen atoms in total. The van der Waals surface area contributed by atoms with Crippen molar-refractivity contribution in [2.24, 2.45) is 5.92 Å². The number of aryl methyl sites for hydroxylation is 1. The number of imidazole rings is 1. The predicted octanol–water partition coefficient (Wildman–Crippen LogP) is 2.66. The van der Waals surface area contributed by atoms with Gasteiger partial charge >= 0.3 is 0 Å². The minimum atomic E-state index is -0.0204. The van der Waals surface area contributed by atoms with Crippen molar-refractivity contribution in [3.8, 4) is 5.88 Å². The number of rotatable bonds is 5. The van der Waals surface area contributed by atoms with Crippen molar-refractivity contribution in [3.05, 3.63) is 34.5 Å². The SMILES string of the molecule is CCCc1ncc2c(=O)n(CC(C)C)c3ccc(OC)nc3n12. The molecule has 6 heteroatoms. The highest BCUT2D eigenvalue weighted by Gasteiger charge is 2.16. The molecule has 0 aliphatic carbocycles. The Balaban J connectivity index is 2.44. The van der Waals surface area contributed by atoms with Crippen LogP contribution in [0.4, 0.5) is 0 Å². The highest BCUT2D eigenvalue weighted by molar-refractivity contribution is 5.76. The molecule has 0 fully saturated rings. The molecule has 0 spiro atoms. The van der Waals surface area contributed by atoms with Crippen LogP contribution in [0.25, 0.3) is 16.7 Å². The molecule has 0 unspecified atom stereocenters.